The Bertz CT molecular complexity index is 1620. The first-order valence-corrected chi connectivity index (χ1v) is 11.6. The van der Waals surface area contributed by atoms with E-state index in [9.17, 15) is 9.59 Å². The minimum absolute atomic E-state index is 0.0354. The van der Waals surface area contributed by atoms with Crippen LogP contribution in [0.25, 0.3) is 39.6 Å². The standard InChI is InChI=1S/C25H13Br2N3O3/c1-30-23(12-5-3-2-4-6-12)29-25-24(30)28-20(33-25)11-17-21(31)15-7-13-9-18(26)19(27)10-14(13)8-16(15)22(17)32/h2-11H,1H3. The van der Waals surface area contributed by atoms with Gasteiger partial charge in [-0.15, -0.1) is 0 Å². The summed E-state index contributed by atoms with van der Waals surface area (Å²) in [4.78, 5) is 35.1. The molecule has 8 heteroatoms. The van der Waals surface area contributed by atoms with Crippen molar-refractivity contribution >= 4 is 71.6 Å². The van der Waals surface area contributed by atoms with Gasteiger partial charge >= 0.3 is 0 Å². The lowest BCUT2D eigenvalue weighted by Crippen LogP contribution is -2.00. The minimum Gasteiger partial charge on any atom is -0.417 e. The van der Waals surface area contributed by atoms with E-state index >= 15 is 0 Å². The van der Waals surface area contributed by atoms with Crippen LogP contribution in [0.4, 0.5) is 0 Å². The second kappa shape index (κ2) is 7.33. The Morgan fingerprint density at radius 1 is 0.879 bits per heavy atom. The molecule has 2 heterocycles. The number of benzene rings is 3. The van der Waals surface area contributed by atoms with Gasteiger partial charge in [-0.05, 0) is 66.9 Å². The molecule has 0 N–H and O–H groups in total. The van der Waals surface area contributed by atoms with Gasteiger partial charge in [-0.1, -0.05) is 30.3 Å². The Morgan fingerprint density at radius 3 is 2.06 bits per heavy atom. The predicted octanol–water partition coefficient (Wildman–Crippen LogP) is 6.37. The first-order valence-electron chi connectivity index (χ1n) is 10.0. The summed E-state index contributed by atoms with van der Waals surface area (Å²) in [5.41, 5.74) is 2.63. The lowest BCUT2D eigenvalue weighted by atomic mass is 10.0. The molecule has 0 unspecified atom stereocenters. The van der Waals surface area contributed by atoms with Crippen molar-refractivity contribution in [1.29, 1.82) is 0 Å². The van der Waals surface area contributed by atoms with Crippen LogP contribution < -0.4 is 0 Å². The Morgan fingerprint density at radius 2 is 1.48 bits per heavy atom. The van der Waals surface area contributed by atoms with Crippen molar-refractivity contribution in [3.63, 3.8) is 0 Å². The quantitative estimate of drug-likeness (QED) is 0.184. The molecule has 5 aromatic rings. The number of rotatable bonds is 2. The van der Waals surface area contributed by atoms with Gasteiger partial charge in [-0.2, -0.15) is 9.97 Å². The smallest absolute Gasteiger partial charge is 0.267 e. The summed E-state index contributed by atoms with van der Waals surface area (Å²) >= 11 is 6.96. The molecule has 0 amide bonds. The average Bonchev–Trinajstić information content (AvgIpc) is 3.42. The summed E-state index contributed by atoms with van der Waals surface area (Å²) in [5.74, 6) is 0.218. The third-order valence-corrected chi connectivity index (χ3v) is 7.59. The van der Waals surface area contributed by atoms with Crippen LogP contribution in [-0.4, -0.2) is 26.1 Å². The lowest BCUT2D eigenvalue weighted by Gasteiger charge is -2.04. The van der Waals surface area contributed by atoms with E-state index < -0.39 is 0 Å². The third-order valence-electron chi connectivity index (χ3n) is 5.75. The molecule has 1 aliphatic rings. The molecule has 0 bridgehead atoms. The highest BCUT2D eigenvalue weighted by atomic mass is 79.9. The molecule has 0 fully saturated rings. The van der Waals surface area contributed by atoms with Gasteiger partial charge in [0.25, 0.3) is 5.71 Å². The van der Waals surface area contributed by atoms with E-state index in [4.69, 9.17) is 4.42 Å². The fourth-order valence-corrected chi connectivity index (χ4v) is 4.83. The maximum Gasteiger partial charge on any atom is 0.267 e. The highest BCUT2D eigenvalue weighted by Crippen LogP contribution is 2.35. The summed E-state index contributed by atoms with van der Waals surface area (Å²) in [5, 5.41) is 1.73. The van der Waals surface area contributed by atoms with Gasteiger partial charge in [0.05, 0.1) is 5.57 Å². The number of allylic oxidation sites excluding steroid dienone is 1. The van der Waals surface area contributed by atoms with Crippen molar-refractivity contribution in [2.75, 3.05) is 0 Å². The fraction of sp³-hybridized carbons (Fsp3) is 0.0400. The number of fused-ring (bicyclic) bond motifs is 3. The van der Waals surface area contributed by atoms with Gasteiger partial charge in [0.1, 0.15) is 5.82 Å². The van der Waals surface area contributed by atoms with Crippen LogP contribution >= 0.6 is 31.9 Å². The number of oxazole rings is 1. The number of carbonyl (C=O) groups is 2. The molecule has 3 aromatic carbocycles. The Balaban J connectivity index is 1.42. The SMILES string of the molecule is Cn1c(-c2ccccc2)nc2oc(C=C3C(=O)c4cc5cc(Br)c(Br)cc5cc4C3=O)nc21. The number of aryl methyl sites for hydroxylation is 1. The van der Waals surface area contributed by atoms with E-state index in [-0.39, 0.29) is 23.0 Å². The number of hydrogen-bond donors (Lipinski definition) is 0. The number of carbonyl (C=O) groups excluding carboxylic acids is 2. The maximum atomic E-state index is 13.1. The van der Waals surface area contributed by atoms with Gasteiger partial charge in [0, 0.05) is 38.8 Å². The number of ketones is 2. The zero-order valence-corrected chi connectivity index (χ0v) is 20.3. The van der Waals surface area contributed by atoms with Crippen molar-refractivity contribution in [3.8, 4) is 11.4 Å². The van der Waals surface area contributed by atoms with Crippen LogP contribution in [0.1, 0.15) is 26.6 Å². The summed E-state index contributed by atoms with van der Waals surface area (Å²) < 4.78 is 9.35. The highest BCUT2D eigenvalue weighted by molar-refractivity contribution is 9.13. The molecule has 6 rings (SSSR count). The van der Waals surface area contributed by atoms with Crippen molar-refractivity contribution in [1.82, 2.24) is 14.5 Å². The van der Waals surface area contributed by atoms with Gasteiger partial charge < -0.3 is 8.98 Å². The van der Waals surface area contributed by atoms with Crippen molar-refractivity contribution in [2.45, 2.75) is 0 Å². The minimum atomic E-state index is -0.337. The second-order valence-electron chi connectivity index (χ2n) is 7.77. The van der Waals surface area contributed by atoms with Crippen LogP contribution in [-0.2, 0) is 7.05 Å². The Labute approximate surface area is 204 Å². The van der Waals surface area contributed by atoms with Gasteiger partial charge in [-0.3, -0.25) is 9.59 Å². The first-order chi connectivity index (χ1) is 15.9. The normalized spacial score (nSPS) is 13.4. The molecule has 0 spiro atoms. The van der Waals surface area contributed by atoms with E-state index in [0.29, 0.717) is 22.5 Å². The average molecular weight is 563 g/mol. The van der Waals surface area contributed by atoms with E-state index in [1.807, 2.05) is 54.1 Å². The molecule has 1 aliphatic carbocycles. The Hall–Kier alpha value is -3.36. The molecule has 160 valence electrons. The van der Waals surface area contributed by atoms with E-state index in [2.05, 4.69) is 41.8 Å². The summed E-state index contributed by atoms with van der Waals surface area (Å²) in [7, 11) is 1.85. The summed E-state index contributed by atoms with van der Waals surface area (Å²) in [6.45, 7) is 0. The molecular formula is C25H13Br2N3O3. The lowest BCUT2D eigenvalue weighted by molar-refractivity contribution is 0.0990. The van der Waals surface area contributed by atoms with E-state index in [1.165, 1.54) is 6.08 Å². The van der Waals surface area contributed by atoms with Crippen molar-refractivity contribution in [3.05, 3.63) is 86.1 Å². The second-order valence-corrected chi connectivity index (χ2v) is 9.48. The van der Waals surface area contributed by atoms with Gasteiger partial charge in [0.15, 0.2) is 11.6 Å². The van der Waals surface area contributed by atoms with Crippen molar-refractivity contribution in [2.24, 2.45) is 7.05 Å². The predicted molar refractivity (Wildman–Crippen MR) is 132 cm³/mol. The molecular weight excluding hydrogens is 550 g/mol. The number of hydrogen-bond acceptors (Lipinski definition) is 5. The van der Waals surface area contributed by atoms with Crippen LogP contribution in [0.5, 0.6) is 0 Å². The van der Waals surface area contributed by atoms with Gasteiger partial charge in [-0.25, -0.2) is 0 Å². The zero-order valence-electron chi connectivity index (χ0n) is 17.1. The number of Topliss-reactive ketones (excluding diaryl/α,β-unsaturated/α-hetero) is 2. The summed E-state index contributed by atoms with van der Waals surface area (Å²) in [6, 6.07) is 17.1. The highest BCUT2D eigenvalue weighted by Gasteiger charge is 2.34. The molecule has 0 aliphatic heterocycles. The number of imidazole rings is 1. The van der Waals surface area contributed by atoms with Gasteiger partial charge in [0.2, 0.25) is 11.5 Å². The number of nitrogens with zero attached hydrogens (tertiary/aromatic N) is 3. The van der Waals surface area contributed by atoms with Crippen LogP contribution in [0, 0.1) is 0 Å². The fourth-order valence-electron chi connectivity index (χ4n) is 4.11. The molecule has 33 heavy (non-hydrogen) atoms. The van der Waals surface area contributed by atoms with Crippen LogP contribution in [0.15, 0.2) is 73.5 Å². The molecule has 0 radical (unpaired) electrons. The molecule has 2 aromatic heterocycles. The first kappa shape index (κ1) is 20.3. The zero-order chi connectivity index (χ0) is 22.9. The Kier molecular flexibility index (Phi) is 4.50. The number of halogens is 2. The van der Waals surface area contributed by atoms with Crippen LogP contribution in [0.2, 0.25) is 0 Å². The maximum absolute atomic E-state index is 13.1. The molecule has 6 nitrogen and oxygen atoms in total. The monoisotopic (exact) mass is 561 g/mol. The third kappa shape index (κ3) is 3.13. The van der Waals surface area contributed by atoms with E-state index in [0.717, 1.165) is 31.1 Å². The molecule has 0 saturated heterocycles. The van der Waals surface area contributed by atoms with Crippen LogP contribution in [0.3, 0.4) is 0 Å². The van der Waals surface area contributed by atoms with Crippen molar-refractivity contribution < 1.29 is 14.0 Å². The molecule has 0 atom stereocenters. The molecule has 0 saturated carbocycles. The largest absolute Gasteiger partial charge is 0.417 e. The topological polar surface area (TPSA) is 78.0 Å². The van der Waals surface area contributed by atoms with E-state index in [1.54, 1.807) is 12.1 Å². The number of aromatic nitrogens is 3. The summed E-state index contributed by atoms with van der Waals surface area (Å²) in [6.07, 6.45) is 1.41.